The molecule has 2 aromatic carbocycles. The largest absolute Gasteiger partial charge is 0.390 e. The van der Waals surface area contributed by atoms with E-state index in [2.05, 4.69) is 16.0 Å². The van der Waals surface area contributed by atoms with Gasteiger partial charge in [-0.05, 0) is 56.0 Å². The Bertz CT molecular complexity index is 1170. The molecule has 174 valence electrons. The Morgan fingerprint density at radius 2 is 1.97 bits per heavy atom. The van der Waals surface area contributed by atoms with Crippen molar-refractivity contribution in [1.29, 1.82) is 0 Å². The Labute approximate surface area is 194 Å². The van der Waals surface area contributed by atoms with E-state index < -0.39 is 52.5 Å². The Kier molecular flexibility index (Phi) is 5.04. The highest BCUT2D eigenvalue weighted by molar-refractivity contribution is 6.31. The zero-order chi connectivity index (χ0) is 23.7. The van der Waals surface area contributed by atoms with Gasteiger partial charge < -0.3 is 21.1 Å². The first-order chi connectivity index (χ1) is 15.5. The molecular formula is C24H24ClF2N3O3. The maximum Gasteiger partial charge on any atom is 0.238 e. The standard InChI is InChI=1S/C24H24ClF2N3O3/c1-11-24(15-7-6-12(25)8-17(15)30-22(24)32)18(14-4-3-5-16(26)19(14)27)20(28-11)21(31)29-13-9-23(2,33)10-13/h3-8,11,13,18,20,28,33H,9-10H2,1-2H3,(H,29,31)(H,30,32). The number of amides is 2. The predicted molar refractivity (Wildman–Crippen MR) is 119 cm³/mol. The normalized spacial score (nSPS) is 34.7. The molecular weight excluding hydrogens is 452 g/mol. The van der Waals surface area contributed by atoms with Crippen molar-refractivity contribution in [2.45, 2.75) is 61.7 Å². The van der Waals surface area contributed by atoms with Crippen molar-refractivity contribution < 1.29 is 23.5 Å². The van der Waals surface area contributed by atoms with Crippen LogP contribution in [-0.2, 0) is 15.0 Å². The average molecular weight is 476 g/mol. The van der Waals surface area contributed by atoms with Crippen LogP contribution in [0.3, 0.4) is 0 Å². The van der Waals surface area contributed by atoms with Crippen molar-refractivity contribution in [3.63, 3.8) is 0 Å². The average Bonchev–Trinajstić information content (AvgIpc) is 3.18. The van der Waals surface area contributed by atoms with Crippen molar-refractivity contribution in [3.8, 4) is 0 Å². The summed E-state index contributed by atoms with van der Waals surface area (Å²) in [5, 5.41) is 19.3. The lowest BCUT2D eigenvalue weighted by Crippen LogP contribution is -2.57. The van der Waals surface area contributed by atoms with E-state index in [1.54, 1.807) is 32.0 Å². The zero-order valence-corrected chi connectivity index (χ0v) is 18.8. The summed E-state index contributed by atoms with van der Waals surface area (Å²) in [5.41, 5.74) is -1.19. The molecule has 2 aliphatic heterocycles. The van der Waals surface area contributed by atoms with Crippen LogP contribution < -0.4 is 16.0 Å². The van der Waals surface area contributed by atoms with E-state index >= 15 is 4.39 Å². The molecule has 0 aromatic heterocycles. The van der Waals surface area contributed by atoms with Gasteiger partial charge in [0.25, 0.3) is 0 Å². The Morgan fingerprint density at radius 3 is 2.67 bits per heavy atom. The van der Waals surface area contributed by atoms with E-state index in [0.29, 0.717) is 29.1 Å². The van der Waals surface area contributed by atoms with Gasteiger partial charge in [-0.15, -0.1) is 0 Å². The highest BCUT2D eigenvalue weighted by Gasteiger charge is 2.65. The summed E-state index contributed by atoms with van der Waals surface area (Å²) in [5.74, 6) is -3.99. The summed E-state index contributed by atoms with van der Waals surface area (Å²) in [7, 11) is 0. The van der Waals surface area contributed by atoms with Crippen LogP contribution in [-0.4, -0.2) is 40.6 Å². The smallest absolute Gasteiger partial charge is 0.238 e. The van der Waals surface area contributed by atoms with Gasteiger partial charge in [0.1, 0.15) is 5.41 Å². The molecule has 0 bridgehead atoms. The molecule has 2 heterocycles. The first-order valence-electron chi connectivity index (χ1n) is 10.9. The van der Waals surface area contributed by atoms with Gasteiger partial charge in [-0.3, -0.25) is 9.59 Å². The van der Waals surface area contributed by atoms with Crippen LogP contribution in [0.1, 0.15) is 43.7 Å². The number of fused-ring (bicyclic) bond motifs is 2. The maximum absolute atomic E-state index is 15.1. The minimum atomic E-state index is -1.36. The van der Waals surface area contributed by atoms with Gasteiger partial charge in [-0.1, -0.05) is 29.8 Å². The number of carbonyl (C=O) groups excluding carboxylic acids is 2. The minimum absolute atomic E-state index is 0.0504. The van der Waals surface area contributed by atoms with Crippen molar-refractivity contribution in [2.75, 3.05) is 5.32 Å². The molecule has 2 aromatic rings. The van der Waals surface area contributed by atoms with E-state index in [1.807, 2.05) is 0 Å². The van der Waals surface area contributed by atoms with E-state index in [1.165, 1.54) is 12.1 Å². The number of anilines is 1. The monoisotopic (exact) mass is 475 g/mol. The lowest BCUT2D eigenvalue weighted by Gasteiger charge is -2.42. The van der Waals surface area contributed by atoms with E-state index in [-0.39, 0.29) is 11.6 Å². The lowest BCUT2D eigenvalue weighted by atomic mass is 9.65. The molecule has 9 heteroatoms. The molecule has 3 aliphatic rings. The summed E-state index contributed by atoms with van der Waals surface area (Å²) in [6.45, 7) is 3.45. The van der Waals surface area contributed by atoms with E-state index in [9.17, 15) is 19.1 Å². The first kappa shape index (κ1) is 22.3. The van der Waals surface area contributed by atoms with Crippen molar-refractivity contribution >= 4 is 29.1 Å². The predicted octanol–water partition coefficient (Wildman–Crippen LogP) is 2.98. The molecule has 4 unspecified atom stereocenters. The number of carbonyl (C=O) groups is 2. The molecule has 5 rings (SSSR count). The quantitative estimate of drug-likeness (QED) is 0.549. The van der Waals surface area contributed by atoms with Gasteiger partial charge in [-0.2, -0.15) is 0 Å². The maximum atomic E-state index is 15.1. The minimum Gasteiger partial charge on any atom is -0.390 e. The lowest BCUT2D eigenvalue weighted by molar-refractivity contribution is -0.127. The molecule has 2 amide bonds. The second kappa shape index (κ2) is 7.48. The van der Waals surface area contributed by atoms with Crippen LogP contribution in [0.5, 0.6) is 0 Å². The Hall–Kier alpha value is -2.55. The first-order valence-corrected chi connectivity index (χ1v) is 11.3. The van der Waals surface area contributed by atoms with Gasteiger partial charge in [0.15, 0.2) is 11.6 Å². The molecule has 1 saturated carbocycles. The third kappa shape index (κ3) is 3.26. The number of halogens is 3. The highest BCUT2D eigenvalue weighted by atomic mass is 35.5. The number of hydrogen-bond donors (Lipinski definition) is 4. The van der Waals surface area contributed by atoms with Crippen LogP contribution >= 0.6 is 11.6 Å². The summed E-state index contributed by atoms with van der Waals surface area (Å²) in [6.07, 6.45) is 0.792. The second-order valence-corrected chi connectivity index (χ2v) is 10.0. The fraction of sp³-hybridized carbons (Fsp3) is 0.417. The number of benzene rings is 2. The number of hydrogen-bond acceptors (Lipinski definition) is 4. The van der Waals surface area contributed by atoms with Crippen molar-refractivity contribution in [1.82, 2.24) is 10.6 Å². The SMILES string of the molecule is CC1NC(C(=O)NC2CC(C)(O)C2)C(c2cccc(F)c2F)C12C(=O)Nc1cc(Cl)ccc12. The van der Waals surface area contributed by atoms with E-state index in [0.717, 1.165) is 6.07 Å². The fourth-order valence-corrected chi connectivity index (χ4v) is 6.08. The van der Waals surface area contributed by atoms with Gasteiger partial charge in [0.05, 0.1) is 11.6 Å². The summed E-state index contributed by atoms with van der Waals surface area (Å²) in [4.78, 5) is 26.9. The summed E-state index contributed by atoms with van der Waals surface area (Å²) >= 11 is 6.12. The van der Waals surface area contributed by atoms with Crippen LogP contribution in [0.2, 0.25) is 5.02 Å². The van der Waals surface area contributed by atoms with E-state index in [4.69, 9.17) is 11.6 Å². The van der Waals surface area contributed by atoms with Crippen molar-refractivity contribution in [3.05, 3.63) is 64.2 Å². The number of aliphatic hydroxyl groups is 1. The molecule has 4 atom stereocenters. The van der Waals surface area contributed by atoms with Crippen LogP contribution in [0.4, 0.5) is 14.5 Å². The van der Waals surface area contributed by atoms with Crippen LogP contribution in [0.15, 0.2) is 36.4 Å². The van der Waals surface area contributed by atoms with Gasteiger partial charge >= 0.3 is 0 Å². The Morgan fingerprint density at radius 1 is 1.24 bits per heavy atom. The zero-order valence-electron chi connectivity index (χ0n) is 18.1. The summed E-state index contributed by atoms with van der Waals surface area (Å²) < 4.78 is 29.4. The second-order valence-electron chi connectivity index (χ2n) is 9.61. The van der Waals surface area contributed by atoms with Gasteiger partial charge in [0, 0.05) is 28.7 Å². The molecule has 2 fully saturated rings. The molecule has 4 N–H and O–H groups in total. The fourth-order valence-electron chi connectivity index (χ4n) is 5.90. The molecule has 1 saturated heterocycles. The van der Waals surface area contributed by atoms with Crippen LogP contribution in [0, 0.1) is 11.6 Å². The highest BCUT2D eigenvalue weighted by Crippen LogP contribution is 2.55. The summed E-state index contributed by atoms with van der Waals surface area (Å²) in [6, 6.07) is 6.92. The molecule has 33 heavy (non-hydrogen) atoms. The Balaban J connectivity index is 1.63. The third-order valence-electron chi connectivity index (χ3n) is 7.31. The number of rotatable bonds is 3. The van der Waals surface area contributed by atoms with Crippen LogP contribution in [0.25, 0.3) is 0 Å². The molecule has 1 spiro atoms. The third-order valence-corrected chi connectivity index (χ3v) is 7.54. The number of nitrogens with one attached hydrogen (secondary N) is 3. The van der Waals surface area contributed by atoms with Gasteiger partial charge in [-0.25, -0.2) is 8.78 Å². The molecule has 1 aliphatic carbocycles. The molecule has 0 radical (unpaired) electrons. The van der Waals surface area contributed by atoms with Gasteiger partial charge in [0.2, 0.25) is 11.8 Å². The topological polar surface area (TPSA) is 90.5 Å². The molecule has 6 nitrogen and oxygen atoms in total. The van der Waals surface area contributed by atoms with Crippen molar-refractivity contribution in [2.24, 2.45) is 0 Å².